The molecule has 1 aliphatic carbocycles. The summed E-state index contributed by atoms with van der Waals surface area (Å²) in [4.78, 5) is 8.58. The van der Waals surface area contributed by atoms with Crippen LogP contribution >= 0.6 is 0 Å². The first kappa shape index (κ1) is 12.8. The molecule has 0 saturated heterocycles. The zero-order chi connectivity index (χ0) is 13.3. The molecule has 1 aromatic rings. The van der Waals surface area contributed by atoms with Crippen LogP contribution in [0.4, 0.5) is 5.95 Å². The van der Waals surface area contributed by atoms with Crippen molar-refractivity contribution in [1.82, 2.24) is 9.97 Å². The monoisotopic (exact) mass is 243 g/mol. The maximum Gasteiger partial charge on any atom is 0.220 e. The number of nitrogens with two attached hydrogens (primary N) is 1. The standard InChI is InChI=1S/C15H21N3/c1-5-11-9-12(18-14(16)17-11)13-10(2)7-6-8-15(13,3)4/h5,7,9,13H,1,6,8H2,2-4H3,(H2,16,17,18). The van der Waals surface area contributed by atoms with Crippen LogP contribution in [-0.2, 0) is 0 Å². The first-order valence-electron chi connectivity index (χ1n) is 6.37. The van der Waals surface area contributed by atoms with E-state index in [1.807, 2.05) is 6.07 Å². The van der Waals surface area contributed by atoms with Gasteiger partial charge in [-0.3, -0.25) is 0 Å². The number of hydrogen-bond donors (Lipinski definition) is 1. The summed E-state index contributed by atoms with van der Waals surface area (Å²) in [5.74, 6) is 0.645. The molecule has 2 rings (SSSR count). The van der Waals surface area contributed by atoms with E-state index in [2.05, 4.69) is 43.4 Å². The SMILES string of the molecule is C=Cc1cc(C2C(C)=CCCC2(C)C)nc(N)n1. The van der Waals surface area contributed by atoms with E-state index >= 15 is 0 Å². The van der Waals surface area contributed by atoms with E-state index in [0.717, 1.165) is 17.8 Å². The lowest BCUT2D eigenvalue weighted by Crippen LogP contribution is -2.27. The van der Waals surface area contributed by atoms with Crippen LogP contribution in [0.2, 0.25) is 0 Å². The van der Waals surface area contributed by atoms with Crippen LogP contribution in [0.15, 0.2) is 24.3 Å². The lowest BCUT2D eigenvalue weighted by Gasteiger charge is -2.38. The zero-order valence-electron chi connectivity index (χ0n) is 11.4. The van der Waals surface area contributed by atoms with Crippen molar-refractivity contribution in [3.63, 3.8) is 0 Å². The molecule has 0 aromatic carbocycles. The molecule has 3 heteroatoms. The van der Waals surface area contributed by atoms with Gasteiger partial charge in [0.2, 0.25) is 5.95 Å². The molecule has 2 N–H and O–H groups in total. The Balaban J connectivity index is 2.52. The molecule has 0 aliphatic heterocycles. The molecule has 18 heavy (non-hydrogen) atoms. The van der Waals surface area contributed by atoms with E-state index in [9.17, 15) is 0 Å². The summed E-state index contributed by atoms with van der Waals surface area (Å²) in [5, 5.41) is 0. The number of anilines is 1. The maximum absolute atomic E-state index is 5.79. The van der Waals surface area contributed by atoms with E-state index in [4.69, 9.17) is 5.73 Å². The Morgan fingerprint density at radius 3 is 2.78 bits per heavy atom. The zero-order valence-corrected chi connectivity index (χ0v) is 11.4. The van der Waals surface area contributed by atoms with Crippen molar-refractivity contribution in [3.8, 4) is 0 Å². The Labute approximate surface area is 109 Å². The molecular formula is C15H21N3. The van der Waals surface area contributed by atoms with Gasteiger partial charge >= 0.3 is 0 Å². The van der Waals surface area contributed by atoms with Gasteiger partial charge in [-0.15, -0.1) is 0 Å². The van der Waals surface area contributed by atoms with Gasteiger partial charge in [0.25, 0.3) is 0 Å². The molecule has 1 aliphatic rings. The van der Waals surface area contributed by atoms with Crippen molar-refractivity contribution >= 4 is 12.0 Å². The van der Waals surface area contributed by atoms with Crippen LogP contribution in [0.3, 0.4) is 0 Å². The highest BCUT2D eigenvalue weighted by Gasteiger charge is 2.35. The highest BCUT2D eigenvalue weighted by atomic mass is 15.0. The lowest BCUT2D eigenvalue weighted by atomic mass is 9.67. The fourth-order valence-electron chi connectivity index (χ4n) is 2.94. The molecule has 1 unspecified atom stereocenters. The largest absolute Gasteiger partial charge is 0.368 e. The van der Waals surface area contributed by atoms with E-state index in [1.165, 1.54) is 12.0 Å². The molecule has 3 nitrogen and oxygen atoms in total. The molecule has 1 aromatic heterocycles. The first-order valence-corrected chi connectivity index (χ1v) is 6.37. The van der Waals surface area contributed by atoms with Gasteiger partial charge in [0.1, 0.15) is 0 Å². The molecular weight excluding hydrogens is 222 g/mol. The highest BCUT2D eigenvalue weighted by Crippen LogP contribution is 2.46. The normalized spacial score (nSPS) is 22.4. The molecule has 1 atom stereocenters. The van der Waals surface area contributed by atoms with Gasteiger partial charge in [-0.1, -0.05) is 32.1 Å². The van der Waals surface area contributed by atoms with Gasteiger partial charge in [0.15, 0.2) is 0 Å². The van der Waals surface area contributed by atoms with Gasteiger partial charge in [-0.25, -0.2) is 9.97 Å². The van der Waals surface area contributed by atoms with Crippen molar-refractivity contribution in [1.29, 1.82) is 0 Å². The minimum atomic E-state index is 0.206. The third kappa shape index (κ3) is 2.30. The van der Waals surface area contributed by atoms with Crippen LogP contribution in [0.5, 0.6) is 0 Å². The molecule has 0 fully saturated rings. The average Bonchev–Trinajstić information content (AvgIpc) is 2.26. The van der Waals surface area contributed by atoms with Crippen molar-refractivity contribution in [2.45, 2.75) is 39.5 Å². The second-order valence-corrected chi connectivity index (χ2v) is 5.69. The van der Waals surface area contributed by atoms with Crippen LogP contribution in [0, 0.1) is 5.41 Å². The molecule has 0 bridgehead atoms. The number of allylic oxidation sites excluding steroid dienone is 2. The predicted octanol–water partition coefficient (Wildman–Crippen LogP) is 3.55. The van der Waals surface area contributed by atoms with Gasteiger partial charge in [-0.2, -0.15) is 0 Å². The van der Waals surface area contributed by atoms with Gasteiger partial charge < -0.3 is 5.73 Å². The summed E-state index contributed by atoms with van der Waals surface area (Å²) in [6, 6.07) is 2.00. The minimum Gasteiger partial charge on any atom is -0.368 e. The second kappa shape index (κ2) is 4.56. The Morgan fingerprint density at radius 1 is 1.44 bits per heavy atom. The molecule has 0 saturated carbocycles. The van der Waals surface area contributed by atoms with Crippen LogP contribution in [0.25, 0.3) is 6.08 Å². The van der Waals surface area contributed by atoms with E-state index in [-0.39, 0.29) is 5.41 Å². The van der Waals surface area contributed by atoms with E-state index in [0.29, 0.717) is 11.9 Å². The van der Waals surface area contributed by atoms with E-state index in [1.54, 1.807) is 6.08 Å². The minimum absolute atomic E-state index is 0.206. The third-order valence-corrected chi connectivity index (χ3v) is 3.78. The second-order valence-electron chi connectivity index (χ2n) is 5.69. The topological polar surface area (TPSA) is 51.8 Å². The Morgan fingerprint density at radius 2 is 2.17 bits per heavy atom. The summed E-state index contributed by atoms with van der Waals surface area (Å²) in [7, 11) is 0. The Kier molecular flexibility index (Phi) is 3.24. The summed E-state index contributed by atoms with van der Waals surface area (Å²) >= 11 is 0. The summed E-state index contributed by atoms with van der Waals surface area (Å²) in [6.45, 7) is 10.5. The molecule has 0 radical (unpaired) electrons. The van der Waals surface area contributed by atoms with Crippen LogP contribution < -0.4 is 5.73 Å². The number of rotatable bonds is 2. The molecule has 0 amide bonds. The number of nitrogens with zero attached hydrogens (tertiary/aromatic N) is 2. The number of nitrogen functional groups attached to an aromatic ring is 1. The smallest absolute Gasteiger partial charge is 0.220 e. The van der Waals surface area contributed by atoms with Crippen molar-refractivity contribution in [2.75, 3.05) is 5.73 Å². The fraction of sp³-hybridized carbons (Fsp3) is 0.467. The number of aromatic nitrogens is 2. The Hall–Kier alpha value is -1.64. The summed E-state index contributed by atoms with van der Waals surface area (Å²) < 4.78 is 0. The maximum atomic E-state index is 5.79. The first-order chi connectivity index (χ1) is 8.44. The average molecular weight is 243 g/mol. The summed E-state index contributed by atoms with van der Waals surface area (Å²) in [5.41, 5.74) is 9.17. The lowest BCUT2D eigenvalue weighted by molar-refractivity contribution is 0.272. The van der Waals surface area contributed by atoms with Crippen LogP contribution in [-0.4, -0.2) is 9.97 Å². The summed E-state index contributed by atoms with van der Waals surface area (Å²) in [6.07, 6.45) is 6.34. The Bertz CT molecular complexity index is 500. The quantitative estimate of drug-likeness (QED) is 0.808. The number of hydrogen-bond acceptors (Lipinski definition) is 3. The highest BCUT2D eigenvalue weighted by molar-refractivity contribution is 5.46. The van der Waals surface area contributed by atoms with Crippen molar-refractivity contribution in [3.05, 3.63) is 35.7 Å². The van der Waals surface area contributed by atoms with Gasteiger partial charge in [0.05, 0.1) is 11.4 Å². The van der Waals surface area contributed by atoms with E-state index < -0.39 is 0 Å². The van der Waals surface area contributed by atoms with Crippen LogP contribution in [0.1, 0.15) is 50.9 Å². The molecule has 1 heterocycles. The van der Waals surface area contributed by atoms with Crippen molar-refractivity contribution < 1.29 is 0 Å². The van der Waals surface area contributed by atoms with Gasteiger partial charge in [-0.05, 0) is 37.3 Å². The molecule has 0 spiro atoms. The third-order valence-electron chi connectivity index (χ3n) is 3.78. The fourth-order valence-corrected chi connectivity index (χ4v) is 2.94. The predicted molar refractivity (Wildman–Crippen MR) is 76.0 cm³/mol. The molecule has 96 valence electrons. The van der Waals surface area contributed by atoms with Crippen molar-refractivity contribution in [2.24, 2.45) is 5.41 Å². The van der Waals surface area contributed by atoms with Gasteiger partial charge in [0, 0.05) is 5.92 Å².